The molecule has 4 heterocycles. The van der Waals surface area contributed by atoms with Gasteiger partial charge in [0, 0.05) is 38.1 Å². The Kier molecular flexibility index (Phi) is 16.4. The number of imide groups is 4. The summed E-state index contributed by atoms with van der Waals surface area (Å²) in [6, 6.07) is 7.31. The highest BCUT2D eigenvalue weighted by atomic mass is 16.6. The molecule has 2 fully saturated rings. The molecule has 0 aromatic heterocycles. The van der Waals surface area contributed by atoms with Crippen LogP contribution in [0.4, 0.5) is 11.4 Å². The average Bonchev–Trinajstić information content (AvgIpc) is 3.65. The summed E-state index contributed by atoms with van der Waals surface area (Å²) in [6.07, 6.45) is 2.46. The second-order valence-corrected chi connectivity index (χ2v) is 14.7. The van der Waals surface area contributed by atoms with Gasteiger partial charge in [-0.2, -0.15) is 0 Å². The van der Waals surface area contributed by atoms with E-state index in [1.54, 1.807) is 18.2 Å². The SMILES string of the molecule is O=C1CCC(N2C(=O)c3cccc(NCCOCCOCCOCCOCCOCCCCCC(=O)Nc4cccc5c4C(=O)N(C4CCC(=O)NC4=O)C5=O)c3C2=O)C(=O)N1. The number of unbranched alkanes of at least 4 members (excludes halogenated alkanes) is 2. The molecule has 0 spiro atoms. The van der Waals surface area contributed by atoms with Crippen molar-refractivity contribution >= 4 is 64.5 Å². The third kappa shape index (κ3) is 11.3. The van der Waals surface area contributed by atoms with Gasteiger partial charge in [0.2, 0.25) is 29.5 Å². The van der Waals surface area contributed by atoms with Crippen LogP contribution in [0.1, 0.15) is 92.8 Å². The lowest BCUT2D eigenvalue weighted by atomic mass is 10.0. The molecular formula is C42H50N6O14. The minimum Gasteiger partial charge on any atom is -0.382 e. The maximum atomic E-state index is 13.2. The lowest BCUT2D eigenvalue weighted by Gasteiger charge is -2.27. The van der Waals surface area contributed by atoms with Crippen molar-refractivity contribution in [1.82, 2.24) is 20.4 Å². The van der Waals surface area contributed by atoms with Crippen LogP contribution in [0.2, 0.25) is 0 Å². The first-order valence-corrected chi connectivity index (χ1v) is 20.7. The fraction of sp³-hybridized carbons (Fsp3) is 0.500. The summed E-state index contributed by atoms with van der Waals surface area (Å²) in [6.45, 7) is 4.24. The summed E-state index contributed by atoms with van der Waals surface area (Å²) in [4.78, 5) is 115. The third-order valence-corrected chi connectivity index (χ3v) is 10.5. The highest BCUT2D eigenvalue weighted by molar-refractivity contribution is 6.27. The van der Waals surface area contributed by atoms with Gasteiger partial charge < -0.3 is 34.3 Å². The molecule has 4 aliphatic heterocycles. The zero-order valence-electron chi connectivity index (χ0n) is 34.2. The summed E-state index contributed by atoms with van der Waals surface area (Å²) < 4.78 is 27.7. The molecule has 2 unspecified atom stereocenters. The highest BCUT2D eigenvalue weighted by Crippen LogP contribution is 2.34. The zero-order chi connectivity index (χ0) is 44.0. The number of piperidine rings is 2. The zero-order valence-corrected chi connectivity index (χ0v) is 34.2. The molecule has 62 heavy (non-hydrogen) atoms. The van der Waals surface area contributed by atoms with Crippen LogP contribution in [0.25, 0.3) is 0 Å². The standard InChI is InChI=1S/C42H50N6O14/c49-32(44-29-9-5-7-27-36(29)42(57)48(40(27)55)31-12-14-34(51)46-38(31)53)10-2-1-3-16-58-18-20-60-22-24-62-25-23-61-21-19-59-17-15-43-28-8-4-6-26-35(28)41(56)47(39(26)54)30-11-13-33(50)45-37(30)52/h4-9,30-31,43H,1-3,10-25H2,(H,44,49)(H,45,50,52)(H,46,51,53). The number of rotatable bonds is 25. The summed E-state index contributed by atoms with van der Waals surface area (Å²) in [5.74, 6) is -5.02. The van der Waals surface area contributed by atoms with Crippen LogP contribution in [0, 0.1) is 0 Å². The Balaban J connectivity index is 0.719. The van der Waals surface area contributed by atoms with Gasteiger partial charge in [0.15, 0.2) is 0 Å². The van der Waals surface area contributed by atoms with E-state index in [1.807, 2.05) is 0 Å². The number of anilines is 2. The molecule has 4 aliphatic rings. The molecule has 20 nitrogen and oxygen atoms in total. The van der Waals surface area contributed by atoms with Crippen LogP contribution in [-0.2, 0) is 47.7 Å². The van der Waals surface area contributed by atoms with Crippen molar-refractivity contribution in [3.05, 3.63) is 58.7 Å². The minimum absolute atomic E-state index is 0.0157. The fourth-order valence-corrected chi connectivity index (χ4v) is 7.40. The first-order chi connectivity index (χ1) is 30.1. The Bertz CT molecular complexity index is 2060. The summed E-state index contributed by atoms with van der Waals surface area (Å²) in [5, 5.41) is 10.2. The van der Waals surface area contributed by atoms with Gasteiger partial charge in [-0.05, 0) is 49.9 Å². The normalized spacial score (nSPS) is 18.6. The molecule has 0 aliphatic carbocycles. The summed E-state index contributed by atoms with van der Waals surface area (Å²) in [5.41, 5.74) is 1.18. The molecule has 2 saturated heterocycles. The summed E-state index contributed by atoms with van der Waals surface area (Å²) in [7, 11) is 0. The third-order valence-electron chi connectivity index (χ3n) is 10.5. The van der Waals surface area contributed by atoms with Gasteiger partial charge >= 0.3 is 0 Å². The number of hydrogen-bond acceptors (Lipinski definition) is 15. The summed E-state index contributed by atoms with van der Waals surface area (Å²) >= 11 is 0. The lowest BCUT2D eigenvalue weighted by molar-refractivity contribution is -0.137. The first-order valence-electron chi connectivity index (χ1n) is 20.7. The quantitative estimate of drug-likeness (QED) is 0.0808. The van der Waals surface area contributed by atoms with Crippen molar-refractivity contribution in [1.29, 1.82) is 0 Å². The van der Waals surface area contributed by atoms with Crippen LogP contribution in [0.5, 0.6) is 0 Å². The van der Waals surface area contributed by atoms with Gasteiger partial charge in [0.05, 0.1) is 87.4 Å². The number of benzene rings is 2. The average molecular weight is 863 g/mol. The molecule has 0 bridgehead atoms. The predicted molar refractivity (Wildman–Crippen MR) is 216 cm³/mol. The Morgan fingerprint density at radius 1 is 0.548 bits per heavy atom. The molecule has 2 aromatic rings. The maximum Gasteiger partial charge on any atom is 0.264 e. The van der Waals surface area contributed by atoms with E-state index >= 15 is 0 Å². The van der Waals surface area contributed by atoms with Crippen molar-refractivity contribution in [2.75, 3.05) is 83.2 Å². The molecule has 2 aromatic carbocycles. The van der Waals surface area contributed by atoms with E-state index in [2.05, 4.69) is 21.3 Å². The Hall–Kier alpha value is -5.93. The van der Waals surface area contributed by atoms with Gasteiger partial charge in [-0.3, -0.25) is 63.6 Å². The van der Waals surface area contributed by atoms with Crippen LogP contribution in [0.3, 0.4) is 0 Å². The smallest absolute Gasteiger partial charge is 0.264 e. The molecule has 6 rings (SSSR count). The number of amides is 9. The first kappa shape index (κ1) is 45.6. The van der Waals surface area contributed by atoms with E-state index in [9.17, 15) is 43.2 Å². The molecule has 9 amide bonds. The molecule has 0 saturated carbocycles. The van der Waals surface area contributed by atoms with Gasteiger partial charge in [0.25, 0.3) is 23.6 Å². The monoisotopic (exact) mass is 862 g/mol. The molecule has 332 valence electrons. The van der Waals surface area contributed by atoms with Crippen LogP contribution in [0.15, 0.2) is 36.4 Å². The van der Waals surface area contributed by atoms with Gasteiger partial charge in [-0.1, -0.05) is 18.6 Å². The maximum absolute atomic E-state index is 13.2. The number of nitrogens with one attached hydrogen (secondary N) is 4. The molecule has 2 atom stereocenters. The van der Waals surface area contributed by atoms with Crippen molar-refractivity contribution in [2.24, 2.45) is 0 Å². The molecular weight excluding hydrogens is 812 g/mol. The second-order valence-electron chi connectivity index (χ2n) is 14.7. The Morgan fingerprint density at radius 3 is 1.50 bits per heavy atom. The largest absolute Gasteiger partial charge is 0.382 e. The van der Waals surface area contributed by atoms with Crippen LogP contribution in [-0.4, -0.2) is 148 Å². The van der Waals surface area contributed by atoms with Crippen molar-refractivity contribution < 1.29 is 66.8 Å². The highest BCUT2D eigenvalue weighted by Gasteiger charge is 2.47. The van der Waals surface area contributed by atoms with Gasteiger partial charge in [-0.25, -0.2) is 0 Å². The molecule has 0 radical (unpaired) electrons. The predicted octanol–water partition coefficient (Wildman–Crippen LogP) is 1.18. The van der Waals surface area contributed by atoms with Crippen molar-refractivity contribution in [3.63, 3.8) is 0 Å². The number of carbonyl (C=O) groups is 9. The Morgan fingerprint density at radius 2 is 1.00 bits per heavy atom. The minimum atomic E-state index is -1.09. The Labute approximate surface area is 356 Å². The second kappa shape index (κ2) is 22.2. The fourth-order valence-electron chi connectivity index (χ4n) is 7.40. The number of fused-ring (bicyclic) bond motifs is 2. The molecule has 4 N–H and O–H groups in total. The molecule has 20 heteroatoms. The topological polar surface area (TPSA) is 254 Å². The lowest BCUT2D eigenvalue weighted by Crippen LogP contribution is -2.54. The van der Waals surface area contributed by atoms with E-state index in [1.165, 1.54) is 18.2 Å². The number of carbonyl (C=O) groups excluding carboxylic acids is 9. The van der Waals surface area contributed by atoms with Crippen LogP contribution < -0.4 is 21.3 Å². The number of ether oxygens (including phenoxy) is 5. The van der Waals surface area contributed by atoms with Crippen LogP contribution >= 0.6 is 0 Å². The number of hydrogen-bond donors (Lipinski definition) is 4. The number of nitrogens with zero attached hydrogens (tertiary/aromatic N) is 2. The van der Waals surface area contributed by atoms with E-state index in [4.69, 9.17) is 23.7 Å². The van der Waals surface area contributed by atoms with Crippen molar-refractivity contribution in [3.8, 4) is 0 Å². The van der Waals surface area contributed by atoms with E-state index in [0.29, 0.717) is 84.7 Å². The van der Waals surface area contributed by atoms with E-state index < -0.39 is 59.3 Å². The van der Waals surface area contributed by atoms with Gasteiger partial charge in [0.1, 0.15) is 12.1 Å². The van der Waals surface area contributed by atoms with E-state index in [0.717, 1.165) is 22.6 Å². The van der Waals surface area contributed by atoms with Crippen molar-refractivity contribution in [2.45, 2.75) is 63.5 Å². The van der Waals surface area contributed by atoms with E-state index in [-0.39, 0.29) is 66.0 Å². The van der Waals surface area contributed by atoms with Gasteiger partial charge in [-0.15, -0.1) is 0 Å².